The van der Waals surface area contributed by atoms with E-state index >= 15 is 0 Å². The summed E-state index contributed by atoms with van der Waals surface area (Å²) in [6, 6.07) is 32.5. The molecular weight excluding hydrogens is 512 g/mol. The fraction of sp³-hybridized carbons (Fsp3) is 0.0645. The van der Waals surface area contributed by atoms with E-state index in [9.17, 15) is 23.3 Å². The summed E-state index contributed by atoms with van der Waals surface area (Å²) in [5, 5.41) is 10.9. The molecule has 0 spiro atoms. The maximum Gasteiger partial charge on any atom is 0.270 e. The summed E-state index contributed by atoms with van der Waals surface area (Å²) >= 11 is 0. The minimum Gasteiger partial charge on any atom is -0.269 e. The van der Waals surface area contributed by atoms with Crippen LogP contribution in [0.15, 0.2) is 120 Å². The Balaban J connectivity index is 1.58. The van der Waals surface area contributed by atoms with Gasteiger partial charge in [0.1, 0.15) is 0 Å². The van der Waals surface area contributed by atoms with Gasteiger partial charge in [0.15, 0.2) is 0 Å². The van der Waals surface area contributed by atoms with Crippen molar-refractivity contribution >= 4 is 38.8 Å². The molecule has 0 aliphatic carbocycles. The summed E-state index contributed by atoms with van der Waals surface area (Å²) in [6.45, 7) is 2.13. The van der Waals surface area contributed by atoms with E-state index in [0.29, 0.717) is 5.56 Å². The molecule has 0 aliphatic rings. The zero-order chi connectivity index (χ0) is 27.8. The minimum absolute atomic E-state index is 0.367. The minimum atomic E-state index is -4.27. The average Bonchev–Trinajstić information content (AvgIpc) is 2.96. The lowest BCUT2D eigenvalue weighted by atomic mass is 9.88. The van der Waals surface area contributed by atoms with Gasteiger partial charge >= 0.3 is 0 Å². The van der Waals surface area contributed by atoms with Crippen LogP contribution in [-0.4, -0.2) is 19.2 Å². The molecule has 0 fully saturated rings. The predicted molar refractivity (Wildman–Crippen MR) is 153 cm³/mol. The lowest BCUT2D eigenvalue weighted by Gasteiger charge is -2.16. The van der Waals surface area contributed by atoms with Crippen molar-refractivity contribution < 1.29 is 18.1 Å². The van der Waals surface area contributed by atoms with Crippen LogP contribution in [0.1, 0.15) is 35.6 Å². The normalized spacial score (nSPS) is 12.1. The number of carbonyl (C=O) groups is 1. The van der Waals surface area contributed by atoms with Crippen LogP contribution >= 0.6 is 0 Å². The summed E-state index contributed by atoms with van der Waals surface area (Å²) in [5.41, 5.74) is 5.88. The third kappa shape index (κ3) is 6.74. The molecule has 4 rings (SSSR count). The molecule has 196 valence electrons. The van der Waals surface area contributed by atoms with Gasteiger partial charge in [0.25, 0.3) is 21.6 Å². The van der Waals surface area contributed by atoms with Gasteiger partial charge in [-0.15, -0.1) is 0 Å². The highest BCUT2D eigenvalue weighted by Gasteiger charge is 2.19. The topological polar surface area (TPSA) is 106 Å². The van der Waals surface area contributed by atoms with E-state index in [1.165, 1.54) is 29.8 Å². The summed E-state index contributed by atoms with van der Waals surface area (Å²) in [7, 11) is -4.27. The third-order valence-electron chi connectivity index (χ3n) is 6.04. The Bertz CT molecular complexity index is 1640. The predicted octanol–water partition coefficient (Wildman–Crippen LogP) is 6.48. The van der Waals surface area contributed by atoms with Crippen LogP contribution in [0.5, 0.6) is 0 Å². The number of nitro groups is 1. The van der Waals surface area contributed by atoms with Crippen LogP contribution in [0, 0.1) is 10.1 Å². The van der Waals surface area contributed by atoms with E-state index in [1.54, 1.807) is 0 Å². The zero-order valence-corrected chi connectivity index (χ0v) is 22.0. The number of sulfonamides is 1. The van der Waals surface area contributed by atoms with Crippen LogP contribution in [0.3, 0.4) is 0 Å². The first-order chi connectivity index (χ1) is 18.8. The van der Waals surface area contributed by atoms with E-state index in [-0.39, 0.29) is 10.6 Å². The van der Waals surface area contributed by atoms with Crippen LogP contribution in [0.4, 0.5) is 5.69 Å². The number of amides is 1. The number of rotatable bonds is 9. The van der Waals surface area contributed by atoms with Gasteiger partial charge in [0.05, 0.1) is 9.82 Å². The van der Waals surface area contributed by atoms with Crippen LogP contribution in [0.25, 0.3) is 17.2 Å². The highest BCUT2D eigenvalue weighted by molar-refractivity contribution is 7.90. The van der Waals surface area contributed by atoms with E-state index in [4.69, 9.17) is 0 Å². The Hall–Kier alpha value is -4.82. The van der Waals surface area contributed by atoms with Crippen molar-refractivity contribution in [2.24, 2.45) is 0 Å². The smallest absolute Gasteiger partial charge is 0.269 e. The number of hydrogen-bond donors (Lipinski definition) is 1. The largest absolute Gasteiger partial charge is 0.270 e. The van der Waals surface area contributed by atoms with Crippen molar-refractivity contribution in [1.29, 1.82) is 0 Å². The first kappa shape index (κ1) is 27.2. The molecule has 0 radical (unpaired) electrons. The van der Waals surface area contributed by atoms with Gasteiger partial charge in [-0.25, -0.2) is 13.1 Å². The van der Waals surface area contributed by atoms with Gasteiger partial charge in [0, 0.05) is 18.2 Å². The zero-order valence-electron chi connectivity index (χ0n) is 21.2. The fourth-order valence-corrected chi connectivity index (χ4v) is 5.19. The number of allylic oxidation sites excluding steroid dienone is 1. The van der Waals surface area contributed by atoms with E-state index < -0.39 is 20.9 Å². The molecule has 4 aromatic carbocycles. The molecule has 0 bridgehead atoms. The molecule has 4 aromatic rings. The average molecular weight is 539 g/mol. The molecule has 7 nitrogen and oxygen atoms in total. The molecule has 0 saturated heterocycles. The highest BCUT2D eigenvalue weighted by atomic mass is 32.2. The van der Waals surface area contributed by atoms with Crippen molar-refractivity contribution in [3.05, 3.63) is 148 Å². The van der Waals surface area contributed by atoms with Crippen molar-refractivity contribution in [2.45, 2.75) is 18.2 Å². The Labute approximate surface area is 227 Å². The summed E-state index contributed by atoms with van der Waals surface area (Å²) < 4.78 is 26.9. The quantitative estimate of drug-likeness (QED) is 0.114. The van der Waals surface area contributed by atoms with Gasteiger partial charge in [0.2, 0.25) is 0 Å². The second kappa shape index (κ2) is 12.1. The Morgan fingerprint density at radius 3 is 2.00 bits per heavy atom. The Morgan fingerprint density at radius 1 is 0.821 bits per heavy atom. The summed E-state index contributed by atoms with van der Waals surface area (Å²) in [6.07, 6.45) is 3.44. The maximum atomic E-state index is 12.5. The molecule has 8 heteroatoms. The maximum absolute atomic E-state index is 12.5. The number of hydrogen-bond acceptors (Lipinski definition) is 5. The van der Waals surface area contributed by atoms with E-state index in [1.807, 2.05) is 65.4 Å². The van der Waals surface area contributed by atoms with E-state index in [0.717, 1.165) is 40.8 Å². The van der Waals surface area contributed by atoms with Crippen LogP contribution in [-0.2, 0) is 14.8 Å². The molecule has 0 saturated carbocycles. The van der Waals surface area contributed by atoms with Crippen LogP contribution in [0.2, 0.25) is 0 Å². The van der Waals surface area contributed by atoms with Crippen LogP contribution < -0.4 is 4.72 Å². The number of nitrogens with zero attached hydrogens (tertiary/aromatic N) is 1. The third-order valence-corrected chi connectivity index (χ3v) is 7.38. The van der Waals surface area contributed by atoms with Gasteiger partial charge in [-0.2, -0.15) is 0 Å². The van der Waals surface area contributed by atoms with E-state index in [2.05, 4.69) is 31.2 Å². The number of benzene rings is 4. The molecule has 1 N–H and O–H groups in total. The molecular formula is C31H26N2O5S. The first-order valence-electron chi connectivity index (χ1n) is 12.2. The molecule has 1 amide bonds. The molecule has 0 aliphatic heterocycles. The van der Waals surface area contributed by atoms with Gasteiger partial charge in [-0.05, 0) is 52.0 Å². The first-order valence-corrected chi connectivity index (χ1v) is 13.7. The number of nitrogens with one attached hydrogen (secondary N) is 1. The second-order valence-electron chi connectivity index (χ2n) is 8.62. The SMILES string of the molecule is CCC(=C(c1ccccc1)c1ccc(C=CC(=O)NS(=O)(=O)c2cccc([N+](=O)[O-])c2)cc1)c1ccccc1. The summed E-state index contributed by atoms with van der Waals surface area (Å²) in [5.74, 6) is -0.868. The van der Waals surface area contributed by atoms with Crippen molar-refractivity contribution in [3.63, 3.8) is 0 Å². The van der Waals surface area contributed by atoms with Gasteiger partial charge < -0.3 is 0 Å². The lowest BCUT2D eigenvalue weighted by Crippen LogP contribution is -2.29. The molecule has 0 unspecified atom stereocenters. The standard InChI is InChI=1S/C31H26N2O5S/c1-2-29(24-10-5-3-6-11-24)31(25-12-7-4-8-13-25)26-19-16-23(17-20-26)18-21-30(34)32-39(37,38)28-15-9-14-27(22-28)33(35)36/h3-22H,2H2,1H3,(H,32,34). The van der Waals surface area contributed by atoms with Gasteiger partial charge in [-0.3, -0.25) is 14.9 Å². The van der Waals surface area contributed by atoms with Gasteiger partial charge in [-0.1, -0.05) is 97.9 Å². The summed E-state index contributed by atoms with van der Waals surface area (Å²) in [4.78, 5) is 22.2. The van der Waals surface area contributed by atoms with Crippen molar-refractivity contribution in [1.82, 2.24) is 4.72 Å². The Kier molecular flexibility index (Phi) is 8.48. The molecule has 39 heavy (non-hydrogen) atoms. The van der Waals surface area contributed by atoms with Crippen molar-refractivity contribution in [3.8, 4) is 0 Å². The number of nitro benzene ring substituents is 1. The number of non-ortho nitro benzene ring substituents is 1. The second-order valence-corrected chi connectivity index (χ2v) is 10.3. The lowest BCUT2D eigenvalue weighted by molar-refractivity contribution is -0.385. The molecule has 0 heterocycles. The monoisotopic (exact) mass is 538 g/mol. The number of carbonyl (C=O) groups excluding carboxylic acids is 1. The Morgan fingerprint density at radius 2 is 1.41 bits per heavy atom. The molecule has 0 aromatic heterocycles. The highest BCUT2D eigenvalue weighted by Crippen LogP contribution is 2.34. The molecule has 0 atom stereocenters. The van der Waals surface area contributed by atoms with Crippen molar-refractivity contribution in [2.75, 3.05) is 0 Å². The fourth-order valence-electron chi connectivity index (χ4n) is 4.21.